The summed E-state index contributed by atoms with van der Waals surface area (Å²) < 4.78 is 0. The van der Waals surface area contributed by atoms with Crippen LogP contribution in [0, 0.1) is 0 Å². The Morgan fingerprint density at radius 3 is 2.50 bits per heavy atom. The molecular formula is C9H17N. The summed E-state index contributed by atoms with van der Waals surface area (Å²) in [5.74, 6) is 0. The SMILES string of the molecule is CC[C@H]1CN1C1CCCC1. The van der Waals surface area contributed by atoms with Crippen molar-refractivity contribution in [3.8, 4) is 0 Å². The predicted octanol–water partition coefficient (Wildman–Crippen LogP) is 2.02. The molecule has 0 spiro atoms. The molecule has 0 radical (unpaired) electrons. The van der Waals surface area contributed by atoms with E-state index in [0.717, 1.165) is 12.1 Å². The van der Waals surface area contributed by atoms with Gasteiger partial charge in [0.1, 0.15) is 0 Å². The summed E-state index contributed by atoms with van der Waals surface area (Å²) in [5.41, 5.74) is 0. The molecule has 1 saturated heterocycles. The Balaban J connectivity index is 1.79. The summed E-state index contributed by atoms with van der Waals surface area (Å²) >= 11 is 0. The summed E-state index contributed by atoms with van der Waals surface area (Å²) in [6, 6.07) is 1.97. The third-order valence-electron chi connectivity index (χ3n) is 3.02. The lowest BCUT2D eigenvalue weighted by Gasteiger charge is -2.10. The minimum Gasteiger partial charge on any atom is -0.295 e. The Morgan fingerprint density at radius 2 is 2.00 bits per heavy atom. The van der Waals surface area contributed by atoms with E-state index in [4.69, 9.17) is 0 Å². The minimum atomic E-state index is 0.975. The van der Waals surface area contributed by atoms with Crippen molar-refractivity contribution in [1.82, 2.24) is 4.90 Å². The first-order valence-electron chi connectivity index (χ1n) is 4.67. The fourth-order valence-corrected chi connectivity index (χ4v) is 2.24. The van der Waals surface area contributed by atoms with E-state index in [1.165, 1.54) is 38.6 Å². The molecule has 0 amide bonds. The summed E-state index contributed by atoms with van der Waals surface area (Å²) in [4.78, 5) is 2.69. The van der Waals surface area contributed by atoms with Crippen LogP contribution in [0.4, 0.5) is 0 Å². The molecule has 1 heterocycles. The van der Waals surface area contributed by atoms with Crippen molar-refractivity contribution in [2.45, 2.75) is 51.1 Å². The van der Waals surface area contributed by atoms with Gasteiger partial charge in [0.2, 0.25) is 0 Å². The summed E-state index contributed by atoms with van der Waals surface area (Å²) in [6.07, 6.45) is 7.30. The van der Waals surface area contributed by atoms with E-state index in [9.17, 15) is 0 Å². The maximum atomic E-state index is 2.69. The second kappa shape index (κ2) is 2.54. The van der Waals surface area contributed by atoms with Crippen LogP contribution in [0.3, 0.4) is 0 Å². The monoisotopic (exact) mass is 139 g/mol. The van der Waals surface area contributed by atoms with Gasteiger partial charge in [-0.1, -0.05) is 19.8 Å². The molecule has 1 aliphatic carbocycles. The summed E-state index contributed by atoms with van der Waals surface area (Å²) in [5, 5.41) is 0. The molecule has 2 atom stereocenters. The zero-order valence-corrected chi connectivity index (χ0v) is 6.84. The van der Waals surface area contributed by atoms with Crippen LogP contribution < -0.4 is 0 Å². The van der Waals surface area contributed by atoms with Crippen LogP contribution in [-0.4, -0.2) is 23.5 Å². The van der Waals surface area contributed by atoms with Crippen LogP contribution in [0.2, 0.25) is 0 Å². The van der Waals surface area contributed by atoms with Crippen molar-refractivity contribution in [3.05, 3.63) is 0 Å². The molecule has 1 unspecified atom stereocenters. The van der Waals surface area contributed by atoms with E-state index in [1.54, 1.807) is 0 Å². The molecule has 0 aromatic carbocycles. The zero-order chi connectivity index (χ0) is 6.97. The first kappa shape index (κ1) is 6.66. The van der Waals surface area contributed by atoms with Gasteiger partial charge in [0.05, 0.1) is 0 Å². The van der Waals surface area contributed by atoms with E-state index < -0.39 is 0 Å². The Labute approximate surface area is 63.4 Å². The van der Waals surface area contributed by atoms with Crippen molar-refractivity contribution < 1.29 is 0 Å². The van der Waals surface area contributed by atoms with Gasteiger partial charge < -0.3 is 0 Å². The molecule has 10 heavy (non-hydrogen) atoms. The maximum Gasteiger partial charge on any atom is 0.0224 e. The second-order valence-electron chi connectivity index (χ2n) is 3.70. The van der Waals surface area contributed by atoms with Crippen LogP contribution in [0.1, 0.15) is 39.0 Å². The molecule has 0 N–H and O–H groups in total. The summed E-state index contributed by atoms with van der Waals surface area (Å²) in [7, 11) is 0. The molecule has 2 fully saturated rings. The van der Waals surface area contributed by atoms with Gasteiger partial charge in [0.15, 0.2) is 0 Å². The van der Waals surface area contributed by atoms with E-state index in [-0.39, 0.29) is 0 Å². The van der Waals surface area contributed by atoms with Crippen LogP contribution in [0.25, 0.3) is 0 Å². The fourth-order valence-electron chi connectivity index (χ4n) is 2.24. The van der Waals surface area contributed by atoms with Crippen LogP contribution in [0.15, 0.2) is 0 Å². The Bertz CT molecular complexity index is 116. The summed E-state index contributed by atoms with van der Waals surface area (Å²) in [6.45, 7) is 3.71. The van der Waals surface area contributed by atoms with E-state index in [2.05, 4.69) is 11.8 Å². The van der Waals surface area contributed by atoms with Crippen LogP contribution >= 0.6 is 0 Å². The molecule has 0 aromatic heterocycles. The van der Waals surface area contributed by atoms with Gasteiger partial charge in [0.25, 0.3) is 0 Å². The Kier molecular flexibility index (Phi) is 1.69. The highest BCUT2D eigenvalue weighted by molar-refractivity contribution is 4.94. The van der Waals surface area contributed by atoms with Gasteiger partial charge in [-0.05, 0) is 19.3 Å². The number of nitrogens with zero attached hydrogens (tertiary/aromatic N) is 1. The molecule has 1 heteroatoms. The quantitative estimate of drug-likeness (QED) is 0.529. The fraction of sp³-hybridized carbons (Fsp3) is 1.00. The number of hydrogen-bond acceptors (Lipinski definition) is 1. The third kappa shape index (κ3) is 1.07. The molecular weight excluding hydrogens is 122 g/mol. The minimum absolute atomic E-state index is 0.975. The average Bonchev–Trinajstić information content (AvgIpc) is 2.56. The normalized spacial score (nSPS) is 40.5. The molecule has 0 aromatic rings. The highest BCUT2D eigenvalue weighted by Gasteiger charge is 2.38. The van der Waals surface area contributed by atoms with E-state index in [1.807, 2.05) is 0 Å². The molecule has 58 valence electrons. The Morgan fingerprint density at radius 1 is 1.30 bits per heavy atom. The number of hydrogen-bond donors (Lipinski definition) is 0. The lowest BCUT2D eigenvalue weighted by atomic mass is 10.2. The topological polar surface area (TPSA) is 3.01 Å². The average molecular weight is 139 g/mol. The van der Waals surface area contributed by atoms with Crippen molar-refractivity contribution in [1.29, 1.82) is 0 Å². The molecule has 1 nitrogen and oxygen atoms in total. The highest BCUT2D eigenvalue weighted by Crippen LogP contribution is 2.33. The third-order valence-corrected chi connectivity index (χ3v) is 3.02. The van der Waals surface area contributed by atoms with E-state index >= 15 is 0 Å². The van der Waals surface area contributed by atoms with Crippen molar-refractivity contribution >= 4 is 0 Å². The Hall–Kier alpha value is -0.0400. The van der Waals surface area contributed by atoms with Gasteiger partial charge in [0, 0.05) is 18.6 Å². The smallest absolute Gasteiger partial charge is 0.0224 e. The molecule has 0 bridgehead atoms. The lowest BCUT2D eigenvalue weighted by molar-refractivity contribution is 0.372. The second-order valence-corrected chi connectivity index (χ2v) is 3.70. The van der Waals surface area contributed by atoms with Gasteiger partial charge in [-0.15, -0.1) is 0 Å². The molecule has 2 aliphatic rings. The molecule has 1 saturated carbocycles. The number of rotatable bonds is 2. The largest absolute Gasteiger partial charge is 0.295 e. The lowest BCUT2D eigenvalue weighted by Crippen LogP contribution is -2.15. The van der Waals surface area contributed by atoms with Gasteiger partial charge >= 0.3 is 0 Å². The van der Waals surface area contributed by atoms with Gasteiger partial charge in [-0.2, -0.15) is 0 Å². The highest BCUT2D eigenvalue weighted by atomic mass is 15.3. The first-order valence-corrected chi connectivity index (χ1v) is 4.67. The van der Waals surface area contributed by atoms with Crippen molar-refractivity contribution in [2.24, 2.45) is 0 Å². The standard InChI is InChI=1S/C9H17N/c1-2-8-7-10(8)9-5-3-4-6-9/h8-9H,2-7H2,1H3/t8-,10?/m0/s1. The maximum absolute atomic E-state index is 2.69. The predicted molar refractivity (Wildman–Crippen MR) is 43.0 cm³/mol. The van der Waals surface area contributed by atoms with Crippen LogP contribution in [0.5, 0.6) is 0 Å². The van der Waals surface area contributed by atoms with Crippen molar-refractivity contribution in [3.63, 3.8) is 0 Å². The van der Waals surface area contributed by atoms with Crippen molar-refractivity contribution in [2.75, 3.05) is 6.54 Å². The van der Waals surface area contributed by atoms with Gasteiger partial charge in [-0.25, -0.2) is 0 Å². The molecule has 1 aliphatic heterocycles. The van der Waals surface area contributed by atoms with Gasteiger partial charge in [-0.3, -0.25) is 4.90 Å². The van der Waals surface area contributed by atoms with E-state index in [0.29, 0.717) is 0 Å². The molecule has 2 rings (SSSR count). The first-order chi connectivity index (χ1) is 4.92. The zero-order valence-electron chi connectivity index (χ0n) is 6.84. The van der Waals surface area contributed by atoms with Crippen LogP contribution in [-0.2, 0) is 0 Å².